The summed E-state index contributed by atoms with van der Waals surface area (Å²) in [6.07, 6.45) is 7.25. The van der Waals surface area contributed by atoms with Crippen LogP contribution in [0, 0.1) is 0 Å². The quantitative estimate of drug-likeness (QED) is 0.762. The predicted molar refractivity (Wildman–Crippen MR) is 73.8 cm³/mol. The lowest BCUT2D eigenvalue weighted by molar-refractivity contribution is -0.0800. The summed E-state index contributed by atoms with van der Waals surface area (Å²) in [6, 6.07) is 2.47. The smallest absolute Gasteiger partial charge is 0.0604 e. The molecule has 18 heavy (non-hydrogen) atoms. The van der Waals surface area contributed by atoms with Gasteiger partial charge < -0.3 is 4.74 Å². The molecule has 2 heterocycles. The molecule has 3 fully saturated rings. The number of fused-ring (bicyclic) bond motifs is 1. The molecule has 2 saturated heterocycles. The van der Waals surface area contributed by atoms with E-state index in [1.54, 1.807) is 0 Å². The number of rotatable bonds is 4. The summed E-state index contributed by atoms with van der Waals surface area (Å²) in [5.41, 5.74) is 0. The van der Waals surface area contributed by atoms with Gasteiger partial charge in [-0.05, 0) is 45.6 Å². The van der Waals surface area contributed by atoms with Crippen LogP contribution in [0.4, 0.5) is 0 Å². The lowest BCUT2D eigenvalue weighted by Crippen LogP contribution is -2.62. The number of nitrogens with zero attached hydrogens (tertiary/aromatic N) is 2. The van der Waals surface area contributed by atoms with Gasteiger partial charge in [0.2, 0.25) is 0 Å². The predicted octanol–water partition coefficient (Wildman–Crippen LogP) is 2.11. The molecule has 0 N–H and O–H groups in total. The number of ether oxygens (including phenoxy) is 1. The van der Waals surface area contributed by atoms with E-state index in [4.69, 9.17) is 4.74 Å². The first kappa shape index (κ1) is 12.9. The second-order valence-corrected chi connectivity index (χ2v) is 6.25. The fourth-order valence-electron chi connectivity index (χ4n) is 4.10. The molecule has 3 aliphatic rings. The Morgan fingerprint density at radius 1 is 1.11 bits per heavy atom. The fraction of sp³-hybridized carbons (Fsp3) is 1.00. The van der Waals surface area contributed by atoms with Gasteiger partial charge in [0.25, 0.3) is 0 Å². The third-order valence-corrected chi connectivity index (χ3v) is 5.25. The Kier molecular flexibility index (Phi) is 3.92. The van der Waals surface area contributed by atoms with Crippen LogP contribution >= 0.6 is 0 Å². The largest absolute Gasteiger partial charge is 0.378 e. The second-order valence-electron chi connectivity index (χ2n) is 6.25. The molecule has 2 aliphatic heterocycles. The second kappa shape index (κ2) is 5.48. The lowest BCUT2D eigenvalue weighted by atomic mass is 9.85. The fourth-order valence-corrected chi connectivity index (χ4v) is 4.10. The van der Waals surface area contributed by atoms with Crippen molar-refractivity contribution >= 4 is 0 Å². The summed E-state index contributed by atoms with van der Waals surface area (Å²) in [5, 5.41) is 0. The molecule has 3 rings (SSSR count). The normalized spacial score (nSPS) is 41.7. The summed E-state index contributed by atoms with van der Waals surface area (Å²) in [5.74, 6) is 0. The monoisotopic (exact) mass is 252 g/mol. The maximum atomic E-state index is 5.72. The van der Waals surface area contributed by atoms with Crippen LogP contribution in [0.25, 0.3) is 0 Å². The topological polar surface area (TPSA) is 15.7 Å². The highest BCUT2D eigenvalue weighted by Gasteiger charge is 2.42. The van der Waals surface area contributed by atoms with Crippen LogP contribution in [0.2, 0.25) is 0 Å². The van der Waals surface area contributed by atoms with E-state index in [1.807, 2.05) is 0 Å². The molecule has 1 aliphatic carbocycles. The molecular weight excluding hydrogens is 224 g/mol. The van der Waals surface area contributed by atoms with Crippen molar-refractivity contribution in [2.24, 2.45) is 0 Å². The Morgan fingerprint density at radius 3 is 2.67 bits per heavy atom. The Balaban J connectivity index is 1.57. The van der Waals surface area contributed by atoms with Crippen LogP contribution < -0.4 is 0 Å². The lowest BCUT2D eigenvalue weighted by Gasteiger charge is -2.51. The van der Waals surface area contributed by atoms with E-state index < -0.39 is 0 Å². The zero-order valence-corrected chi connectivity index (χ0v) is 12.0. The highest BCUT2D eigenvalue weighted by molar-refractivity contribution is 4.98. The van der Waals surface area contributed by atoms with Gasteiger partial charge in [-0.15, -0.1) is 0 Å². The molecule has 0 amide bonds. The third-order valence-electron chi connectivity index (χ3n) is 5.25. The van der Waals surface area contributed by atoms with E-state index >= 15 is 0 Å². The SMILES string of the molecule is CCOC1CC(N2CC3CCCN3CC2CC)C1. The molecule has 3 heteroatoms. The number of hydrogen-bond acceptors (Lipinski definition) is 3. The number of hydrogen-bond donors (Lipinski definition) is 0. The van der Waals surface area contributed by atoms with Gasteiger partial charge in [-0.2, -0.15) is 0 Å². The Bertz CT molecular complexity index is 278. The first-order chi connectivity index (χ1) is 8.81. The minimum atomic E-state index is 0.555. The molecular formula is C15H28N2O. The molecule has 0 aromatic rings. The van der Waals surface area contributed by atoms with Crippen molar-refractivity contribution in [3.8, 4) is 0 Å². The van der Waals surface area contributed by atoms with Crippen molar-refractivity contribution in [3.05, 3.63) is 0 Å². The standard InChI is InChI=1S/C15H28N2O/c1-3-12-10-16-7-5-6-13(16)11-17(12)14-8-15(9-14)18-4-2/h12-15H,3-11H2,1-2H3. The third kappa shape index (κ3) is 2.33. The highest BCUT2D eigenvalue weighted by atomic mass is 16.5. The summed E-state index contributed by atoms with van der Waals surface area (Å²) < 4.78 is 5.72. The highest BCUT2D eigenvalue weighted by Crippen LogP contribution is 2.34. The van der Waals surface area contributed by atoms with Gasteiger partial charge in [0.05, 0.1) is 6.10 Å². The van der Waals surface area contributed by atoms with E-state index in [0.29, 0.717) is 6.10 Å². The molecule has 0 radical (unpaired) electrons. The van der Waals surface area contributed by atoms with Crippen molar-refractivity contribution in [2.75, 3.05) is 26.2 Å². The molecule has 2 unspecified atom stereocenters. The van der Waals surface area contributed by atoms with Crippen molar-refractivity contribution < 1.29 is 4.74 Å². The summed E-state index contributed by atoms with van der Waals surface area (Å²) in [4.78, 5) is 5.56. The molecule has 2 atom stereocenters. The van der Waals surface area contributed by atoms with Gasteiger partial charge in [-0.25, -0.2) is 0 Å². The van der Waals surface area contributed by atoms with Crippen LogP contribution in [-0.4, -0.2) is 60.3 Å². The molecule has 0 spiro atoms. The van der Waals surface area contributed by atoms with E-state index in [-0.39, 0.29) is 0 Å². The van der Waals surface area contributed by atoms with Crippen molar-refractivity contribution in [1.82, 2.24) is 9.80 Å². The zero-order valence-electron chi connectivity index (χ0n) is 12.0. The van der Waals surface area contributed by atoms with Gasteiger partial charge in [0.15, 0.2) is 0 Å². The van der Waals surface area contributed by atoms with Gasteiger partial charge in [0, 0.05) is 37.8 Å². The molecule has 0 aromatic heterocycles. The molecule has 1 saturated carbocycles. The molecule has 3 nitrogen and oxygen atoms in total. The number of piperazine rings is 1. The first-order valence-electron chi connectivity index (χ1n) is 7.93. The van der Waals surface area contributed by atoms with Gasteiger partial charge >= 0.3 is 0 Å². The average molecular weight is 252 g/mol. The van der Waals surface area contributed by atoms with E-state index in [9.17, 15) is 0 Å². The van der Waals surface area contributed by atoms with Crippen LogP contribution in [0.1, 0.15) is 46.0 Å². The minimum absolute atomic E-state index is 0.555. The molecule has 104 valence electrons. The molecule has 0 bridgehead atoms. The van der Waals surface area contributed by atoms with Gasteiger partial charge in [-0.3, -0.25) is 9.80 Å². The summed E-state index contributed by atoms with van der Waals surface area (Å²) >= 11 is 0. The Hall–Kier alpha value is -0.120. The van der Waals surface area contributed by atoms with Crippen LogP contribution in [0.15, 0.2) is 0 Å². The van der Waals surface area contributed by atoms with Crippen LogP contribution in [-0.2, 0) is 4.74 Å². The zero-order chi connectivity index (χ0) is 12.5. The maximum Gasteiger partial charge on any atom is 0.0604 e. The maximum absolute atomic E-state index is 5.72. The first-order valence-corrected chi connectivity index (χ1v) is 7.93. The van der Waals surface area contributed by atoms with Crippen molar-refractivity contribution in [2.45, 2.75) is 70.2 Å². The Morgan fingerprint density at radius 2 is 1.94 bits per heavy atom. The van der Waals surface area contributed by atoms with E-state index in [2.05, 4.69) is 23.6 Å². The average Bonchev–Trinajstić information content (AvgIpc) is 2.78. The van der Waals surface area contributed by atoms with Crippen molar-refractivity contribution in [3.63, 3.8) is 0 Å². The van der Waals surface area contributed by atoms with Gasteiger partial charge in [-0.1, -0.05) is 6.92 Å². The van der Waals surface area contributed by atoms with Gasteiger partial charge in [0.1, 0.15) is 0 Å². The molecule has 0 aromatic carbocycles. The van der Waals surface area contributed by atoms with Crippen LogP contribution in [0.3, 0.4) is 0 Å². The summed E-state index contributed by atoms with van der Waals surface area (Å²) in [6.45, 7) is 9.33. The minimum Gasteiger partial charge on any atom is -0.378 e. The van der Waals surface area contributed by atoms with E-state index in [1.165, 1.54) is 51.7 Å². The summed E-state index contributed by atoms with van der Waals surface area (Å²) in [7, 11) is 0. The van der Waals surface area contributed by atoms with E-state index in [0.717, 1.165) is 24.7 Å². The van der Waals surface area contributed by atoms with Crippen LogP contribution in [0.5, 0.6) is 0 Å². The van der Waals surface area contributed by atoms with Crippen molar-refractivity contribution in [1.29, 1.82) is 0 Å². The Labute approximate surface area is 111 Å².